The Bertz CT molecular complexity index is 1090. The van der Waals surface area contributed by atoms with Gasteiger partial charge in [0.2, 0.25) is 17.6 Å². The van der Waals surface area contributed by atoms with Crippen LogP contribution in [0.2, 0.25) is 0 Å². The second-order valence-corrected chi connectivity index (χ2v) is 8.80. The van der Waals surface area contributed by atoms with Crippen molar-refractivity contribution < 1.29 is 13.7 Å². The topological polar surface area (TPSA) is 71.3 Å². The van der Waals surface area contributed by atoms with Crippen molar-refractivity contribution in [2.75, 3.05) is 18.4 Å². The first-order valence-corrected chi connectivity index (χ1v) is 11.1. The Balaban J connectivity index is 1.43. The highest BCUT2D eigenvalue weighted by atomic mass is 79.9. The van der Waals surface area contributed by atoms with E-state index in [4.69, 9.17) is 4.52 Å². The summed E-state index contributed by atoms with van der Waals surface area (Å²) >= 11 is 3.51. The van der Waals surface area contributed by atoms with Gasteiger partial charge in [-0.3, -0.25) is 9.69 Å². The summed E-state index contributed by atoms with van der Waals surface area (Å²) < 4.78 is 19.9. The van der Waals surface area contributed by atoms with E-state index in [1.807, 2.05) is 32.0 Å². The van der Waals surface area contributed by atoms with Gasteiger partial charge < -0.3 is 9.84 Å². The zero-order chi connectivity index (χ0) is 22.0. The number of nitrogens with one attached hydrogen (secondary N) is 1. The zero-order valence-electron chi connectivity index (χ0n) is 17.4. The fraction of sp³-hybridized carbons (Fsp3) is 0.348. The number of hydrogen-bond donors (Lipinski definition) is 1. The average molecular weight is 487 g/mol. The fourth-order valence-corrected chi connectivity index (χ4v) is 4.42. The van der Waals surface area contributed by atoms with Crippen LogP contribution in [0.1, 0.15) is 37.1 Å². The molecule has 3 aromatic rings. The van der Waals surface area contributed by atoms with E-state index < -0.39 is 0 Å². The zero-order valence-corrected chi connectivity index (χ0v) is 19.0. The van der Waals surface area contributed by atoms with Gasteiger partial charge in [0.15, 0.2) is 0 Å². The lowest BCUT2D eigenvalue weighted by Crippen LogP contribution is -2.46. The minimum absolute atomic E-state index is 0.0323. The van der Waals surface area contributed by atoms with E-state index in [1.165, 1.54) is 12.1 Å². The van der Waals surface area contributed by atoms with E-state index in [2.05, 4.69) is 36.3 Å². The Morgan fingerprint density at radius 1 is 1.32 bits per heavy atom. The standard InChI is InChI=1S/C23H24BrFN4O2/c1-14-8-9-20(19(24)11-14)26-22(30)15(2)29-10-4-6-17(13-29)23-27-21(28-31-23)16-5-3-7-18(25)12-16/h3,5,7-9,11-12,15,17H,4,6,10,13H2,1-2H3,(H,26,30). The van der Waals surface area contributed by atoms with Crippen LogP contribution in [-0.4, -0.2) is 40.1 Å². The van der Waals surface area contributed by atoms with Gasteiger partial charge in [0.1, 0.15) is 5.82 Å². The van der Waals surface area contributed by atoms with Gasteiger partial charge in [-0.25, -0.2) is 4.39 Å². The molecule has 1 aromatic heterocycles. The van der Waals surface area contributed by atoms with Crippen LogP contribution in [0.4, 0.5) is 10.1 Å². The van der Waals surface area contributed by atoms with Gasteiger partial charge >= 0.3 is 0 Å². The summed E-state index contributed by atoms with van der Waals surface area (Å²) in [5, 5.41) is 7.03. The lowest BCUT2D eigenvalue weighted by Gasteiger charge is -2.34. The van der Waals surface area contributed by atoms with Crippen LogP contribution in [0.5, 0.6) is 0 Å². The Hall–Kier alpha value is -2.58. The fourth-order valence-electron chi connectivity index (χ4n) is 3.83. The van der Waals surface area contributed by atoms with E-state index in [-0.39, 0.29) is 23.7 Å². The number of halogens is 2. The highest BCUT2D eigenvalue weighted by molar-refractivity contribution is 9.10. The molecule has 0 radical (unpaired) electrons. The Morgan fingerprint density at radius 3 is 2.94 bits per heavy atom. The number of anilines is 1. The number of amides is 1. The first-order valence-electron chi connectivity index (χ1n) is 10.3. The molecule has 2 unspecified atom stereocenters. The summed E-state index contributed by atoms with van der Waals surface area (Å²) in [6.07, 6.45) is 1.83. The van der Waals surface area contributed by atoms with Gasteiger partial charge in [-0.1, -0.05) is 23.4 Å². The molecule has 1 N–H and O–H groups in total. The molecule has 0 saturated carbocycles. The van der Waals surface area contributed by atoms with Crippen molar-refractivity contribution >= 4 is 27.5 Å². The molecule has 6 nitrogen and oxygen atoms in total. The van der Waals surface area contributed by atoms with Gasteiger partial charge in [-0.05, 0) is 79.0 Å². The summed E-state index contributed by atoms with van der Waals surface area (Å²) in [5.74, 6) is 0.535. The summed E-state index contributed by atoms with van der Waals surface area (Å²) in [4.78, 5) is 19.5. The van der Waals surface area contributed by atoms with Crippen molar-refractivity contribution in [2.24, 2.45) is 0 Å². The smallest absolute Gasteiger partial charge is 0.241 e. The minimum Gasteiger partial charge on any atom is -0.339 e. The molecule has 4 rings (SSSR count). The molecule has 2 aromatic carbocycles. The lowest BCUT2D eigenvalue weighted by molar-refractivity contribution is -0.121. The van der Waals surface area contributed by atoms with Gasteiger partial charge in [0, 0.05) is 16.6 Å². The second kappa shape index (κ2) is 9.28. The number of aryl methyl sites for hydroxylation is 1. The molecule has 2 heterocycles. The maximum atomic E-state index is 13.5. The first-order chi connectivity index (χ1) is 14.9. The maximum absolute atomic E-state index is 13.5. The summed E-state index contributed by atoms with van der Waals surface area (Å²) in [5.41, 5.74) is 2.46. The molecule has 1 aliphatic heterocycles. The van der Waals surface area contributed by atoms with Crippen molar-refractivity contribution in [3.8, 4) is 11.4 Å². The van der Waals surface area contributed by atoms with Crippen molar-refractivity contribution in [1.29, 1.82) is 0 Å². The third kappa shape index (κ3) is 5.02. The molecule has 1 aliphatic rings. The number of likely N-dealkylation sites (tertiary alicyclic amines) is 1. The number of aromatic nitrogens is 2. The minimum atomic E-state index is -0.340. The Labute approximate surface area is 189 Å². The number of carbonyl (C=O) groups excluding carboxylic acids is 1. The number of benzene rings is 2. The first kappa shape index (κ1) is 21.6. The average Bonchev–Trinajstić information content (AvgIpc) is 3.26. The number of rotatable bonds is 5. The highest BCUT2D eigenvalue weighted by Gasteiger charge is 2.31. The van der Waals surface area contributed by atoms with Gasteiger partial charge in [-0.15, -0.1) is 0 Å². The third-order valence-corrected chi connectivity index (χ3v) is 6.29. The van der Waals surface area contributed by atoms with Crippen LogP contribution in [0, 0.1) is 12.7 Å². The van der Waals surface area contributed by atoms with Crippen LogP contribution in [-0.2, 0) is 4.79 Å². The van der Waals surface area contributed by atoms with Gasteiger partial charge in [0.05, 0.1) is 17.6 Å². The van der Waals surface area contributed by atoms with E-state index >= 15 is 0 Å². The number of carbonyl (C=O) groups is 1. The Kier molecular flexibility index (Phi) is 6.48. The number of hydrogen-bond acceptors (Lipinski definition) is 5. The van der Waals surface area contributed by atoms with E-state index in [0.717, 1.165) is 35.1 Å². The molecule has 1 fully saturated rings. The number of nitrogens with zero attached hydrogens (tertiary/aromatic N) is 3. The molecule has 8 heteroatoms. The molecule has 0 aliphatic carbocycles. The third-order valence-electron chi connectivity index (χ3n) is 5.64. The van der Waals surface area contributed by atoms with Crippen molar-refractivity contribution in [3.05, 3.63) is 64.2 Å². The largest absolute Gasteiger partial charge is 0.339 e. The van der Waals surface area contributed by atoms with Crippen molar-refractivity contribution in [2.45, 2.75) is 38.6 Å². The molecule has 31 heavy (non-hydrogen) atoms. The molecule has 2 atom stereocenters. The highest BCUT2D eigenvalue weighted by Crippen LogP contribution is 2.29. The van der Waals surface area contributed by atoms with Crippen LogP contribution in [0.25, 0.3) is 11.4 Å². The Morgan fingerprint density at radius 2 is 2.16 bits per heavy atom. The van der Waals surface area contributed by atoms with E-state index in [0.29, 0.717) is 23.8 Å². The maximum Gasteiger partial charge on any atom is 0.241 e. The predicted molar refractivity (Wildman–Crippen MR) is 120 cm³/mol. The van der Waals surface area contributed by atoms with Crippen molar-refractivity contribution in [3.63, 3.8) is 0 Å². The SMILES string of the molecule is Cc1ccc(NC(=O)C(C)N2CCCC(c3nc(-c4cccc(F)c4)no3)C2)c(Br)c1. The molecule has 0 spiro atoms. The predicted octanol–water partition coefficient (Wildman–Crippen LogP) is 5.15. The molecule has 1 amide bonds. The summed E-state index contributed by atoms with van der Waals surface area (Å²) in [6.45, 7) is 5.38. The van der Waals surface area contributed by atoms with Crippen LogP contribution in [0.3, 0.4) is 0 Å². The summed E-state index contributed by atoms with van der Waals surface area (Å²) in [6, 6.07) is 11.7. The normalized spacial score (nSPS) is 18.0. The van der Waals surface area contributed by atoms with Crippen LogP contribution in [0.15, 0.2) is 51.5 Å². The molecule has 1 saturated heterocycles. The molecule has 162 valence electrons. The number of piperidine rings is 1. The van der Waals surface area contributed by atoms with Crippen LogP contribution < -0.4 is 5.32 Å². The van der Waals surface area contributed by atoms with Crippen molar-refractivity contribution in [1.82, 2.24) is 15.0 Å². The van der Waals surface area contributed by atoms with Crippen LogP contribution >= 0.6 is 15.9 Å². The lowest BCUT2D eigenvalue weighted by atomic mass is 9.96. The van der Waals surface area contributed by atoms with E-state index in [9.17, 15) is 9.18 Å². The van der Waals surface area contributed by atoms with Gasteiger partial charge in [0.25, 0.3) is 0 Å². The monoisotopic (exact) mass is 486 g/mol. The summed E-state index contributed by atoms with van der Waals surface area (Å²) in [7, 11) is 0. The van der Waals surface area contributed by atoms with E-state index in [1.54, 1.807) is 12.1 Å². The second-order valence-electron chi connectivity index (χ2n) is 7.95. The quantitative estimate of drug-likeness (QED) is 0.539. The molecular formula is C23H24BrFN4O2. The van der Waals surface area contributed by atoms with Gasteiger partial charge in [-0.2, -0.15) is 4.98 Å². The molecular weight excluding hydrogens is 463 g/mol. The molecule has 0 bridgehead atoms.